The van der Waals surface area contributed by atoms with Gasteiger partial charge in [0.1, 0.15) is 23.3 Å². The Labute approximate surface area is 134 Å². The van der Waals surface area contributed by atoms with Crippen molar-refractivity contribution >= 4 is 17.5 Å². The highest BCUT2D eigenvalue weighted by molar-refractivity contribution is 6.33. The van der Waals surface area contributed by atoms with Gasteiger partial charge in [0.05, 0.1) is 24.9 Å². The number of ether oxygens (including phenoxy) is 2. The van der Waals surface area contributed by atoms with E-state index in [0.29, 0.717) is 35.3 Å². The summed E-state index contributed by atoms with van der Waals surface area (Å²) in [6.45, 7) is 2.47. The molecule has 0 saturated carbocycles. The third-order valence-electron chi connectivity index (χ3n) is 3.10. The highest BCUT2D eigenvalue weighted by Gasteiger charge is 2.18. The molecule has 7 heteroatoms. The van der Waals surface area contributed by atoms with Crippen LogP contribution in [-0.2, 0) is 7.05 Å². The number of methoxy groups -OCH3 is 1. The molecule has 1 aromatic carbocycles. The Morgan fingerprint density at radius 3 is 2.50 bits per heavy atom. The fourth-order valence-corrected chi connectivity index (χ4v) is 2.24. The zero-order valence-corrected chi connectivity index (χ0v) is 13.5. The molecule has 1 heterocycles. The molecule has 0 aliphatic heterocycles. The van der Waals surface area contributed by atoms with Crippen LogP contribution in [0.1, 0.15) is 16.1 Å². The van der Waals surface area contributed by atoms with Crippen molar-refractivity contribution in [2.45, 2.75) is 6.92 Å². The largest absolute Gasteiger partial charge is 0.497 e. The number of benzene rings is 1. The molecular formula is C15H18ClN3O3. The lowest BCUT2D eigenvalue weighted by Crippen LogP contribution is -2.28. The molecule has 1 N–H and O–H groups in total. The van der Waals surface area contributed by atoms with Crippen LogP contribution < -0.4 is 14.8 Å². The number of carbonyl (C=O) groups is 1. The van der Waals surface area contributed by atoms with Gasteiger partial charge < -0.3 is 14.8 Å². The normalized spacial score (nSPS) is 10.4. The van der Waals surface area contributed by atoms with Gasteiger partial charge in [-0.15, -0.1) is 0 Å². The number of aromatic nitrogens is 2. The van der Waals surface area contributed by atoms with E-state index < -0.39 is 0 Å². The summed E-state index contributed by atoms with van der Waals surface area (Å²) in [5, 5.41) is 7.19. The van der Waals surface area contributed by atoms with Crippen LogP contribution in [0.15, 0.2) is 24.3 Å². The van der Waals surface area contributed by atoms with E-state index in [4.69, 9.17) is 21.1 Å². The van der Waals surface area contributed by atoms with Crippen LogP contribution in [0.3, 0.4) is 0 Å². The average molecular weight is 324 g/mol. The zero-order valence-electron chi connectivity index (χ0n) is 12.7. The highest BCUT2D eigenvalue weighted by Crippen LogP contribution is 2.18. The molecule has 0 aliphatic carbocycles. The van der Waals surface area contributed by atoms with Crippen LogP contribution >= 0.6 is 11.6 Å². The van der Waals surface area contributed by atoms with Gasteiger partial charge in [-0.3, -0.25) is 9.48 Å². The van der Waals surface area contributed by atoms with Gasteiger partial charge in [0.2, 0.25) is 0 Å². The zero-order chi connectivity index (χ0) is 16.1. The molecule has 0 radical (unpaired) electrons. The molecular weight excluding hydrogens is 306 g/mol. The molecule has 2 rings (SSSR count). The summed E-state index contributed by atoms with van der Waals surface area (Å²) in [5.74, 6) is 1.22. The molecule has 118 valence electrons. The van der Waals surface area contributed by atoms with E-state index in [-0.39, 0.29) is 5.91 Å². The van der Waals surface area contributed by atoms with Crippen molar-refractivity contribution in [1.82, 2.24) is 15.1 Å². The van der Waals surface area contributed by atoms with E-state index >= 15 is 0 Å². The van der Waals surface area contributed by atoms with Gasteiger partial charge in [-0.1, -0.05) is 11.6 Å². The van der Waals surface area contributed by atoms with E-state index in [1.54, 1.807) is 21.1 Å². The van der Waals surface area contributed by atoms with Crippen LogP contribution in [0.2, 0.25) is 5.15 Å². The molecule has 22 heavy (non-hydrogen) atoms. The topological polar surface area (TPSA) is 65.4 Å². The van der Waals surface area contributed by atoms with Crippen molar-refractivity contribution in [2.24, 2.45) is 7.05 Å². The van der Waals surface area contributed by atoms with E-state index in [0.717, 1.165) is 5.75 Å². The summed E-state index contributed by atoms with van der Waals surface area (Å²) in [4.78, 5) is 12.1. The molecule has 0 fully saturated rings. The smallest absolute Gasteiger partial charge is 0.256 e. The molecule has 0 atom stereocenters. The quantitative estimate of drug-likeness (QED) is 0.828. The summed E-state index contributed by atoms with van der Waals surface area (Å²) in [6, 6.07) is 7.24. The number of rotatable bonds is 6. The van der Waals surface area contributed by atoms with Crippen molar-refractivity contribution in [3.05, 3.63) is 40.7 Å². The summed E-state index contributed by atoms with van der Waals surface area (Å²) in [5.41, 5.74) is 0.995. The minimum Gasteiger partial charge on any atom is -0.497 e. The second-order valence-electron chi connectivity index (χ2n) is 4.65. The van der Waals surface area contributed by atoms with Crippen molar-refractivity contribution in [3.63, 3.8) is 0 Å². The maximum absolute atomic E-state index is 12.1. The Kier molecular flexibility index (Phi) is 5.27. The van der Waals surface area contributed by atoms with Gasteiger partial charge in [0.15, 0.2) is 0 Å². The number of carbonyl (C=O) groups excluding carboxylic acids is 1. The molecule has 0 saturated heterocycles. The molecule has 0 spiro atoms. The molecule has 0 bridgehead atoms. The lowest BCUT2D eigenvalue weighted by Gasteiger charge is -2.08. The Hall–Kier alpha value is -2.21. The van der Waals surface area contributed by atoms with E-state index in [2.05, 4.69) is 10.4 Å². The van der Waals surface area contributed by atoms with Crippen LogP contribution in [-0.4, -0.2) is 35.9 Å². The standard InChI is InChI=1S/C15H18ClN3O3/c1-10-13(14(16)19(2)18-10)15(20)17-8-9-22-12-6-4-11(21-3)5-7-12/h4-7H,8-9H2,1-3H3,(H,17,20). The Balaban J connectivity index is 1.82. The van der Waals surface area contributed by atoms with Gasteiger partial charge in [-0.05, 0) is 31.2 Å². The van der Waals surface area contributed by atoms with Gasteiger partial charge in [-0.2, -0.15) is 5.10 Å². The summed E-state index contributed by atoms with van der Waals surface area (Å²) in [7, 11) is 3.30. The SMILES string of the molecule is COc1ccc(OCCNC(=O)c2c(C)nn(C)c2Cl)cc1. The molecule has 1 amide bonds. The number of aryl methyl sites for hydroxylation is 2. The van der Waals surface area contributed by atoms with E-state index in [9.17, 15) is 4.79 Å². The third-order valence-corrected chi connectivity index (χ3v) is 3.53. The molecule has 2 aromatic rings. The average Bonchev–Trinajstić information content (AvgIpc) is 2.77. The molecule has 6 nitrogen and oxygen atoms in total. The number of amides is 1. The summed E-state index contributed by atoms with van der Waals surface area (Å²) >= 11 is 6.04. The number of nitrogens with zero attached hydrogens (tertiary/aromatic N) is 2. The maximum Gasteiger partial charge on any atom is 0.256 e. The van der Waals surface area contributed by atoms with Gasteiger partial charge in [0, 0.05) is 7.05 Å². The molecule has 0 unspecified atom stereocenters. The van der Waals surface area contributed by atoms with E-state index in [1.165, 1.54) is 4.68 Å². The minimum atomic E-state index is -0.256. The second-order valence-corrected chi connectivity index (χ2v) is 5.01. The number of hydrogen-bond donors (Lipinski definition) is 1. The van der Waals surface area contributed by atoms with E-state index in [1.807, 2.05) is 24.3 Å². The fraction of sp³-hybridized carbons (Fsp3) is 0.333. The molecule has 1 aromatic heterocycles. The lowest BCUT2D eigenvalue weighted by molar-refractivity contribution is 0.0946. The Bertz CT molecular complexity index is 653. The van der Waals surface area contributed by atoms with Gasteiger partial charge in [0.25, 0.3) is 5.91 Å². The second kappa shape index (κ2) is 7.17. The van der Waals surface area contributed by atoms with Crippen LogP contribution in [0, 0.1) is 6.92 Å². The first-order chi connectivity index (χ1) is 10.5. The maximum atomic E-state index is 12.1. The highest BCUT2D eigenvalue weighted by atomic mass is 35.5. The first-order valence-electron chi connectivity index (χ1n) is 6.77. The third kappa shape index (κ3) is 3.71. The Morgan fingerprint density at radius 1 is 1.32 bits per heavy atom. The monoisotopic (exact) mass is 323 g/mol. The summed E-state index contributed by atoms with van der Waals surface area (Å²) in [6.07, 6.45) is 0. The first kappa shape index (κ1) is 16.2. The molecule has 0 aliphatic rings. The van der Waals surface area contributed by atoms with Gasteiger partial charge in [-0.25, -0.2) is 0 Å². The van der Waals surface area contributed by atoms with Crippen LogP contribution in [0.5, 0.6) is 11.5 Å². The fourth-order valence-electron chi connectivity index (χ4n) is 1.98. The first-order valence-corrected chi connectivity index (χ1v) is 7.15. The predicted octanol–water partition coefficient (Wildman–Crippen LogP) is 2.20. The minimum absolute atomic E-state index is 0.256. The van der Waals surface area contributed by atoms with Crippen molar-refractivity contribution in [2.75, 3.05) is 20.3 Å². The summed E-state index contributed by atoms with van der Waals surface area (Å²) < 4.78 is 12.1. The van der Waals surface area contributed by atoms with Crippen molar-refractivity contribution < 1.29 is 14.3 Å². The van der Waals surface area contributed by atoms with Crippen LogP contribution in [0.25, 0.3) is 0 Å². The van der Waals surface area contributed by atoms with Crippen LogP contribution in [0.4, 0.5) is 0 Å². The number of halogens is 1. The number of hydrogen-bond acceptors (Lipinski definition) is 4. The van der Waals surface area contributed by atoms with Crippen molar-refractivity contribution in [3.8, 4) is 11.5 Å². The predicted molar refractivity (Wildman–Crippen MR) is 83.8 cm³/mol. The lowest BCUT2D eigenvalue weighted by atomic mass is 10.2. The van der Waals surface area contributed by atoms with Crippen molar-refractivity contribution in [1.29, 1.82) is 0 Å². The van der Waals surface area contributed by atoms with Gasteiger partial charge >= 0.3 is 0 Å². The Morgan fingerprint density at radius 2 is 1.95 bits per heavy atom. The number of nitrogens with one attached hydrogen (secondary N) is 1.